The van der Waals surface area contributed by atoms with Crippen molar-refractivity contribution in [3.63, 3.8) is 0 Å². The van der Waals surface area contributed by atoms with Gasteiger partial charge in [-0.25, -0.2) is 0 Å². The van der Waals surface area contributed by atoms with Gasteiger partial charge in [-0.05, 0) is 94.5 Å². The first-order valence-electron chi connectivity index (χ1n) is 17.6. The molecular weight excluding hydrogens is 679 g/mol. The number of fused-ring (bicyclic) bond motifs is 1. The second-order valence-electron chi connectivity index (χ2n) is 13.5. The van der Waals surface area contributed by atoms with Crippen LogP contribution in [-0.4, -0.2) is 31.6 Å². The molecule has 0 saturated heterocycles. The van der Waals surface area contributed by atoms with Gasteiger partial charge < -0.3 is 18.9 Å². The Balaban J connectivity index is 1.16. The first-order chi connectivity index (χ1) is 26.1. The summed E-state index contributed by atoms with van der Waals surface area (Å²) >= 11 is 0. The van der Waals surface area contributed by atoms with Crippen LogP contribution in [0.3, 0.4) is 0 Å². The lowest BCUT2D eigenvalue weighted by Crippen LogP contribution is -2.46. The molecule has 8 nitrogen and oxygen atoms in total. The van der Waals surface area contributed by atoms with Crippen molar-refractivity contribution in [2.24, 2.45) is 0 Å². The van der Waals surface area contributed by atoms with Crippen LogP contribution in [-0.2, 0) is 20.5 Å². The first kappa shape index (κ1) is 35.7. The van der Waals surface area contributed by atoms with Crippen LogP contribution in [0.2, 0.25) is 0 Å². The number of anilines is 1. The molecule has 1 aliphatic rings. The molecule has 0 aliphatic carbocycles. The summed E-state index contributed by atoms with van der Waals surface area (Å²) in [7, 11) is 1.62. The van der Waals surface area contributed by atoms with Crippen LogP contribution in [0.15, 0.2) is 152 Å². The number of aldehydes is 1. The topological polar surface area (TPSA) is 91.4 Å². The number of carbonyl (C=O) groups excluding carboxylic acids is 3. The standard InChI is InChI=1S/C46H39NO7/c1-31(49)52-38-24-14-32(15-25-38)45(2,3)33-16-26-39(27-17-33)53-43(30-48)54-40-28-20-35(21-29-40)46(34-18-22-37(51-4)23-19-34)42-13-9-8-12-41(42)44(50)47(46)36-10-6-5-7-11-36/h5-30,43H,1-4H3. The Morgan fingerprint density at radius 1 is 0.648 bits per heavy atom. The zero-order valence-electron chi connectivity index (χ0n) is 30.4. The molecule has 0 radical (unpaired) electrons. The van der Waals surface area contributed by atoms with E-state index in [0.717, 1.165) is 33.5 Å². The number of esters is 1. The minimum Gasteiger partial charge on any atom is -0.497 e. The van der Waals surface area contributed by atoms with Crippen molar-refractivity contribution < 1.29 is 33.3 Å². The normalized spacial score (nSPS) is 15.6. The molecule has 6 aromatic rings. The Hall–Kier alpha value is -6.67. The fraction of sp³-hybridized carbons (Fsp3) is 0.152. The van der Waals surface area contributed by atoms with E-state index in [0.29, 0.717) is 34.8 Å². The van der Waals surface area contributed by atoms with Crippen molar-refractivity contribution in [1.29, 1.82) is 0 Å². The predicted molar refractivity (Wildman–Crippen MR) is 206 cm³/mol. The third-order valence-corrected chi connectivity index (χ3v) is 9.91. The maximum Gasteiger partial charge on any atom is 0.308 e. The highest BCUT2D eigenvalue weighted by Gasteiger charge is 2.52. The zero-order valence-corrected chi connectivity index (χ0v) is 30.4. The molecule has 2 atom stereocenters. The fourth-order valence-electron chi connectivity index (χ4n) is 7.18. The van der Waals surface area contributed by atoms with Gasteiger partial charge in [-0.1, -0.05) is 98.8 Å². The molecule has 1 amide bonds. The number of amides is 1. The van der Waals surface area contributed by atoms with Crippen LogP contribution in [0.4, 0.5) is 5.69 Å². The summed E-state index contributed by atoms with van der Waals surface area (Å²) in [6.45, 7) is 5.57. The highest BCUT2D eigenvalue weighted by Crippen LogP contribution is 2.51. The highest BCUT2D eigenvalue weighted by atomic mass is 16.7. The van der Waals surface area contributed by atoms with Gasteiger partial charge in [0.05, 0.1) is 7.11 Å². The largest absolute Gasteiger partial charge is 0.497 e. The minimum absolute atomic E-state index is 0.117. The van der Waals surface area contributed by atoms with Crippen LogP contribution < -0.4 is 23.8 Å². The average Bonchev–Trinajstić information content (AvgIpc) is 3.47. The summed E-state index contributed by atoms with van der Waals surface area (Å²) in [5, 5.41) is 0. The van der Waals surface area contributed by atoms with Gasteiger partial charge in [0, 0.05) is 23.6 Å². The molecule has 0 aromatic heterocycles. The van der Waals surface area contributed by atoms with E-state index in [4.69, 9.17) is 18.9 Å². The Morgan fingerprint density at radius 3 is 1.65 bits per heavy atom. The highest BCUT2D eigenvalue weighted by molar-refractivity contribution is 6.13. The number of carbonyl (C=O) groups is 3. The Kier molecular flexibility index (Phi) is 9.76. The summed E-state index contributed by atoms with van der Waals surface area (Å²) < 4.78 is 22.7. The van der Waals surface area contributed by atoms with E-state index in [-0.39, 0.29) is 17.3 Å². The SMILES string of the molecule is COc1ccc(C2(c3ccc(OC(C=O)Oc4ccc(C(C)(C)c5ccc(OC(C)=O)cc5)cc4)cc3)c3ccccc3C(=O)N2c2ccccc2)cc1. The van der Waals surface area contributed by atoms with Crippen molar-refractivity contribution in [3.8, 4) is 23.0 Å². The van der Waals surface area contributed by atoms with E-state index in [9.17, 15) is 14.4 Å². The van der Waals surface area contributed by atoms with Gasteiger partial charge in [0.1, 0.15) is 28.5 Å². The number of rotatable bonds is 12. The van der Waals surface area contributed by atoms with Crippen LogP contribution in [0.1, 0.15) is 58.9 Å². The number of hydrogen-bond donors (Lipinski definition) is 0. The molecular formula is C46H39NO7. The number of ether oxygens (including phenoxy) is 4. The Bertz CT molecular complexity index is 2270. The van der Waals surface area contributed by atoms with Gasteiger partial charge in [-0.15, -0.1) is 0 Å². The summed E-state index contributed by atoms with van der Waals surface area (Å²) in [6, 6.07) is 47.4. The van der Waals surface area contributed by atoms with Crippen molar-refractivity contribution >= 4 is 23.9 Å². The zero-order chi connectivity index (χ0) is 37.9. The number of nitrogens with zero attached hydrogens (tertiary/aromatic N) is 1. The summed E-state index contributed by atoms with van der Waals surface area (Å²) in [5.74, 6) is 1.59. The van der Waals surface area contributed by atoms with E-state index in [2.05, 4.69) is 13.8 Å². The van der Waals surface area contributed by atoms with Crippen LogP contribution in [0.5, 0.6) is 23.0 Å². The van der Waals surface area contributed by atoms with Crippen molar-refractivity contribution in [3.05, 3.63) is 185 Å². The predicted octanol–water partition coefficient (Wildman–Crippen LogP) is 8.88. The molecule has 0 bridgehead atoms. The maximum atomic E-state index is 14.3. The lowest BCUT2D eigenvalue weighted by atomic mass is 9.76. The number of hydrogen-bond acceptors (Lipinski definition) is 7. The smallest absolute Gasteiger partial charge is 0.308 e. The van der Waals surface area contributed by atoms with E-state index in [1.807, 2.05) is 120 Å². The van der Waals surface area contributed by atoms with E-state index in [1.165, 1.54) is 6.92 Å². The fourth-order valence-corrected chi connectivity index (χ4v) is 7.18. The first-order valence-corrected chi connectivity index (χ1v) is 17.6. The summed E-state index contributed by atoms with van der Waals surface area (Å²) in [4.78, 5) is 39.7. The van der Waals surface area contributed by atoms with Gasteiger partial charge in [0.25, 0.3) is 12.2 Å². The van der Waals surface area contributed by atoms with Gasteiger partial charge in [-0.3, -0.25) is 19.3 Å². The van der Waals surface area contributed by atoms with E-state index >= 15 is 0 Å². The maximum absolute atomic E-state index is 14.3. The van der Waals surface area contributed by atoms with Crippen LogP contribution in [0.25, 0.3) is 0 Å². The third-order valence-electron chi connectivity index (χ3n) is 9.91. The molecule has 0 saturated carbocycles. The molecule has 270 valence electrons. The Labute approximate surface area is 314 Å². The second-order valence-corrected chi connectivity index (χ2v) is 13.5. The molecule has 0 N–H and O–H groups in total. The third kappa shape index (κ3) is 6.58. The summed E-state index contributed by atoms with van der Waals surface area (Å²) in [5.41, 5.74) is 4.57. The molecule has 7 rings (SSSR count). The van der Waals surface area contributed by atoms with Crippen LogP contribution in [0, 0.1) is 0 Å². The van der Waals surface area contributed by atoms with Gasteiger partial charge >= 0.3 is 5.97 Å². The van der Waals surface area contributed by atoms with E-state index < -0.39 is 11.8 Å². The monoisotopic (exact) mass is 717 g/mol. The van der Waals surface area contributed by atoms with Gasteiger partial charge in [-0.2, -0.15) is 0 Å². The summed E-state index contributed by atoms with van der Waals surface area (Å²) in [6.07, 6.45) is -0.605. The van der Waals surface area contributed by atoms with Crippen LogP contribution >= 0.6 is 0 Å². The Morgan fingerprint density at radius 2 is 1.13 bits per heavy atom. The van der Waals surface area contributed by atoms with Gasteiger partial charge in [0.15, 0.2) is 0 Å². The minimum atomic E-state index is -1.21. The van der Waals surface area contributed by atoms with Crippen molar-refractivity contribution in [1.82, 2.24) is 0 Å². The number of para-hydroxylation sites is 1. The molecule has 0 fully saturated rings. The lowest BCUT2D eigenvalue weighted by molar-refractivity contribution is -0.131. The van der Waals surface area contributed by atoms with Gasteiger partial charge in [0.2, 0.25) is 6.29 Å². The molecule has 2 unspecified atom stereocenters. The molecule has 6 aromatic carbocycles. The number of methoxy groups -OCH3 is 1. The van der Waals surface area contributed by atoms with E-state index in [1.54, 1.807) is 43.5 Å². The average molecular weight is 718 g/mol. The van der Waals surface area contributed by atoms with Crippen molar-refractivity contribution in [2.45, 2.75) is 38.0 Å². The second kappa shape index (κ2) is 14.8. The molecule has 1 aliphatic heterocycles. The molecule has 8 heteroatoms. The quantitative estimate of drug-likeness (QED) is 0.0541. The van der Waals surface area contributed by atoms with Crippen molar-refractivity contribution in [2.75, 3.05) is 12.0 Å². The number of benzene rings is 6. The molecule has 1 heterocycles. The molecule has 54 heavy (non-hydrogen) atoms. The lowest BCUT2D eigenvalue weighted by Gasteiger charge is -2.40. The molecule has 0 spiro atoms.